The molecule has 0 spiro atoms. The summed E-state index contributed by atoms with van der Waals surface area (Å²) in [6.07, 6.45) is 7.55. The Morgan fingerprint density at radius 2 is 2.00 bits per heavy atom. The highest BCUT2D eigenvalue weighted by Gasteiger charge is 2.35. The minimum absolute atomic E-state index is 0.0292. The number of carbonyl (C=O) groups is 1. The Labute approximate surface area is 185 Å². The summed E-state index contributed by atoms with van der Waals surface area (Å²) in [4.78, 5) is 19.0. The van der Waals surface area contributed by atoms with Crippen LogP contribution in [0.25, 0.3) is 0 Å². The summed E-state index contributed by atoms with van der Waals surface area (Å²) in [6.45, 7) is 7.45. The van der Waals surface area contributed by atoms with E-state index in [1.165, 1.54) is 24.8 Å². The van der Waals surface area contributed by atoms with Gasteiger partial charge in [0.05, 0.1) is 6.54 Å². The molecule has 7 nitrogen and oxygen atoms in total. The number of likely N-dealkylation sites (tertiary alicyclic amines) is 1. The molecule has 4 rings (SSSR count). The highest BCUT2D eigenvalue weighted by Crippen LogP contribution is 2.43. The van der Waals surface area contributed by atoms with Gasteiger partial charge in [-0.2, -0.15) is 0 Å². The molecule has 1 aliphatic carbocycles. The summed E-state index contributed by atoms with van der Waals surface area (Å²) >= 11 is 0. The van der Waals surface area contributed by atoms with Gasteiger partial charge >= 0.3 is 0 Å². The van der Waals surface area contributed by atoms with Crippen LogP contribution in [0, 0.1) is 0 Å². The van der Waals surface area contributed by atoms with Gasteiger partial charge in [0.2, 0.25) is 12.7 Å². The van der Waals surface area contributed by atoms with Crippen LogP contribution < -0.4 is 20.1 Å². The van der Waals surface area contributed by atoms with Gasteiger partial charge in [-0.25, -0.2) is 0 Å². The molecule has 1 aromatic rings. The fraction of sp³-hybridized carbons (Fsp3) is 0.667. The number of benzene rings is 1. The van der Waals surface area contributed by atoms with Crippen molar-refractivity contribution in [3.63, 3.8) is 0 Å². The van der Waals surface area contributed by atoms with E-state index < -0.39 is 0 Å². The number of aliphatic imine (C=N–C) groups is 1. The van der Waals surface area contributed by atoms with Crippen molar-refractivity contribution in [3.8, 4) is 11.5 Å². The standard InChI is InChI=1S/C24H36N4O3/c1-3-22(29)28-13-10-19(15-28)27-23(25-4-2)26-16-24(11-6-5-7-12-24)18-8-9-20-21(14-18)31-17-30-20/h8-9,14,19H,3-7,10-13,15-17H2,1-2H3,(H2,25,26,27). The lowest BCUT2D eigenvalue weighted by molar-refractivity contribution is -0.129. The number of nitrogens with zero attached hydrogens (tertiary/aromatic N) is 2. The fourth-order valence-electron chi connectivity index (χ4n) is 5.07. The van der Waals surface area contributed by atoms with E-state index in [9.17, 15) is 4.79 Å². The van der Waals surface area contributed by atoms with E-state index in [2.05, 4.69) is 29.7 Å². The zero-order chi connectivity index (χ0) is 21.7. The van der Waals surface area contributed by atoms with Crippen LogP contribution in [-0.4, -0.2) is 55.8 Å². The highest BCUT2D eigenvalue weighted by molar-refractivity contribution is 5.80. The Kier molecular flexibility index (Phi) is 6.88. The molecule has 1 saturated heterocycles. The van der Waals surface area contributed by atoms with Gasteiger partial charge in [0.25, 0.3) is 0 Å². The van der Waals surface area contributed by atoms with Crippen molar-refractivity contribution in [2.24, 2.45) is 4.99 Å². The van der Waals surface area contributed by atoms with Crippen molar-refractivity contribution in [1.82, 2.24) is 15.5 Å². The summed E-state index contributed by atoms with van der Waals surface area (Å²) in [5.74, 6) is 2.77. The molecule has 2 fully saturated rings. The van der Waals surface area contributed by atoms with Crippen LogP contribution in [0.3, 0.4) is 0 Å². The van der Waals surface area contributed by atoms with Crippen molar-refractivity contribution >= 4 is 11.9 Å². The normalized spacial score (nSPS) is 22.5. The average molecular weight is 429 g/mol. The van der Waals surface area contributed by atoms with Gasteiger partial charge < -0.3 is 25.0 Å². The van der Waals surface area contributed by atoms with Gasteiger partial charge in [-0.15, -0.1) is 0 Å². The van der Waals surface area contributed by atoms with Crippen LogP contribution in [0.4, 0.5) is 0 Å². The van der Waals surface area contributed by atoms with E-state index in [4.69, 9.17) is 14.5 Å². The first kappa shape index (κ1) is 21.8. The SMILES string of the molecule is CCNC(=NCC1(c2ccc3c(c2)OCO3)CCCCC1)NC1CCN(C(=O)CC)C1. The lowest BCUT2D eigenvalue weighted by Crippen LogP contribution is -2.46. The van der Waals surface area contributed by atoms with Gasteiger partial charge in [-0.1, -0.05) is 32.3 Å². The van der Waals surface area contributed by atoms with Crippen LogP contribution in [0.15, 0.2) is 23.2 Å². The number of hydrogen-bond acceptors (Lipinski definition) is 4. The first-order chi connectivity index (χ1) is 15.1. The van der Waals surface area contributed by atoms with E-state index in [1.54, 1.807) is 0 Å². The second kappa shape index (κ2) is 9.79. The maximum atomic E-state index is 12.0. The fourth-order valence-corrected chi connectivity index (χ4v) is 5.07. The number of nitrogens with one attached hydrogen (secondary N) is 2. The third-order valence-corrected chi connectivity index (χ3v) is 6.86. The maximum absolute atomic E-state index is 12.0. The molecule has 7 heteroatoms. The van der Waals surface area contributed by atoms with E-state index in [-0.39, 0.29) is 17.4 Å². The molecule has 1 atom stereocenters. The van der Waals surface area contributed by atoms with E-state index >= 15 is 0 Å². The number of guanidine groups is 1. The molecule has 31 heavy (non-hydrogen) atoms. The minimum atomic E-state index is 0.0292. The van der Waals surface area contributed by atoms with Gasteiger partial charge in [0, 0.05) is 37.5 Å². The van der Waals surface area contributed by atoms with Crippen molar-refractivity contribution < 1.29 is 14.3 Å². The number of ether oxygens (including phenoxy) is 2. The van der Waals surface area contributed by atoms with Gasteiger partial charge in [-0.3, -0.25) is 9.79 Å². The zero-order valence-corrected chi connectivity index (χ0v) is 18.9. The quantitative estimate of drug-likeness (QED) is 0.538. The summed E-state index contributed by atoms with van der Waals surface area (Å²) in [5, 5.41) is 6.98. The third kappa shape index (κ3) is 4.91. The Morgan fingerprint density at radius 3 is 2.77 bits per heavy atom. The monoisotopic (exact) mass is 428 g/mol. The topological polar surface area (TPSA) is 75.2 Å². The molecule has 1 unspecified atom stereocenters. The predicted molar refractivity (Wildman–Crippen MR) is 122 cm³/mol. The van der Waals surface area contributed by atoms with Gasteiger partial charge in [-0.05, 0) is 43.9 Å². The Morgan fingerprint density at radius 1 is 1.19 bits per heavy atom. The van der Waals surface area contributed by atoms with E-state index in [1.807, 2.05) is 17.9 Å². The Balaban J connectivity index is 1.49. The number of rotatable bonds is 6. The van der Waals surface area contributed by atoms with Crippen molar-refractivity contribution in [2.45, 2.75) is 70.3 Å². The molecule has 0 bridgehead atoms. The lowest BCUT2D eigenvalue weighted by Gasteiger charge is -2.37. The van der Waals surface area contributed by atoms with Crippen molar-refractivity contribution in [2.75, 3.05) is 33.0 Å². The van der Waals surface area contributed by atoms with Crippen LogP contribution in [0.5, 0.6) is 11.5 Å². The smallest absolute Gasteiger partial charge is 0.231 e. The molecule has 170 valence electrons. The molecule has 1 amide bonds. The molecule has 1 saturated carbocycles. The maximum Gasteiger partial charge on any atom is 0.231 e. The summed E-state index contributed by atoms with van der Waals surface area (Å²) in [5.41, 5.74) is 1.33. The molecular weight excluding hydrogens is 392 g/mol. The predicted octanol–water partition coefficient (Wildman–Crippen LogP) is 3.18. The molecule has 2 N–H and O–H groups in total. The summed E-state index contributed by atoms with van der Waals surface area (Å²) < 4.78 is 11.2. The van der Waals surface area contributed by atoms with E-state index in [0.29, 0.717) is 13.2 Å². The van der Waals surface area contributed by atoms with Crippen LogP contribution in [0.1, 0.15) is 64.4 Å². The second-order valence-corrected chi connectivity index (χ2v) is 8.93. The number of amides is 1. The second-order valence-electron chi connectivity index (χ2n) is 8.93. The van der Waals surface area contributed by atoms with Crippen molar-refractivity contribution in [1.29, 1.82) is 0 Å². The average Bonchev–Trinajstić information content (AvgIpc) is 3.47. The van der Waals surface area contributed by atoms with Crippen molar-refractivity contribution in [3.05, 3.63) is 23.8 Å². The van der Waals surface area contributed by atoms with Crippen LogP contribution in [0.2, 0.25) is 0 Å². The van der Waals surface area contributed by atoms with Gasteiger partial charge in [0.1, 0.15) is 0 Å². The highest BCUT2D eigenvalue weighted by atomic mass is 16.7. The molecule has 0 radical (unpaired) electrons. The molecule has 0 aromatic heterocycles. The Hall–Kier alpha value is -2.44. The van der Waals surface area contributed by atoms with E-state index in [0.717, 1.165) is 62.9 Å². The Bertz CT molecular complexity index is 804. The number of hydrogen-bond donors (Lipinski definition) is 2. The first-order valence-corrected chi connectivity index (χ1v) is 11.9. The molecule has 3 aliphatic rings. The van der Waals surface area contributed by atoms with Crippen LogP contribution in [-0.2, 0) is 10.2 Å². The molecule has 2 aliphatic heterocycles. The number of fused-ring (bicyclic) bond motifs is 1. The largest absolute Gasteiger partial charge is 0.454 e. The first-order valence-electron chi connectivity index (χ1n) is 11.9. The molecule has 2 heterocycles. The summed E-state index contributed by atoms with van der Waals surface area (Å²) in [7, 11) is 0. The zero-order valence-electron chi connectivity index (χ0n) is 18.9. The molecular formula is C24H36N4O3. The third-order valence-electron chi connectivity index (χ3n) is 6.86. The van der Waals surface area contributed by atoms with Crippen LogP contribution >= 0.6 is 0 Å². The minimum Gasteiger partial charge on any atom is -0.454 e. The number of carbonyl (C=O) groups excluding carboxylic acids is 1. The summed E-state index contributed by atoms with van der Waals surface area (Å²) in [6, 6.07) is 6.65. The van der Waals surface area contributed by atoms with Gasteiger partial charge in [0.15, 0.2) is 17.5 Å². The molecule has 1 aromatic carbocycles. The lowest BCUT2D eigenvalue weighted by atomic mass is 9.69.